The summed E-state index contributed by atoms with van der Waals surface area (Å²) in [6.07, 6.45) is 6.22. The summed E-state index contributed by atoms with van der Waals surface area (Å²) in [5.74, 6) is 1.02. The van der Waals surface area contributed by atoms with Gasteiger partial charge in [-0.15, -0.1) is 0 Å². The topological polar surface area (TPSA) is 48.4 Å². The summed E-state index contributed by atoms with van der Waals surface area (Å²) in [6, 6.07) is 10.7. The molecule has 0 spiro atoms. The molecule has 2 aliphatic rings. The van der Waals surface area contributed by atoms with E-state index >= 15 is 0 Å². The second-order valence-corrected chi connectivity index (χ2v) is 7.70. The van der Waals surface area contributed by atoms with Crippen LogP contribution in [0.25, 0.3) is 10.9 Å². The van der Waals surface area contributed by atoms with Gasteiger partial charge in [0.15, 0.2) is 0 Å². The molecule has 134 valence electrons. The Hall–Kier alpha value is -1.49. The van der Waals surface area contributed by atoms with Crippen LogP contribution in [0.3, 0.4) is 0 Å². The van der Waals surface area contributed by atoms with Crippen LogP contribution >= 0.6 is 0 Å². The zero-order valence-corrected chi connectivity index (χ0v) is 14.9. The first-order valence-electron chi connectivity index (χ1n) is 9.75. The first-order valence-corrected chi connectivity index (χ1v) is 9.75. The van der Waals surface area contributed by atoms with E-state index in [1.54, 1.807) is 0 Å². The Labute approximate surface area is 150 Å². The maximum atomic E-state index is 10.2. The first kappa shape index (κ1) is 17.0. The minimum absolute atomic E-state index is 0.127. The van der Waals surface area contributed by atoms with Gasteiger partial charge < -0.3 is 15.3 Å². The fourth-order valence-electron chi connectivity index (χ4n) is 4.56. The zero-order valence-electron chi connectivity index (χ0n) is 14.9. The van der Waals surface area contributed by atoms with Crippen LogP contribution in [0, 0.1) is 5.92 Å². The molecule has 2 aromatic rings. The van der Waals surface area contributed by atoms with Crippen molar-refractivity contribution in [1.29, 1.82) is 0 Å². The lowest BCUT2D eigenvalue weighted by molar-refractivity contribution is 0.0829. The number of fused-ring (bicyclic) bond motifs is 1. The van der Waals surface area contributed by atoms with Gasteiger partial charge in [-0.1, -0.05) is 24.6 Å². The highest BCUT2D eigenvalue weighted by atomic mass is 16.3. The summed E-state index contributed by atoms with van der Waals surface area (Å²) in [7, 11) is 0. The Balaban J connectivity index is 1.62. The molecule has 4 nitrogen and oxygen atoms in total. The van der Waals surface area contributed by atoms with Crippen molar-refractivity contribution in [2.75, 3.05) is 32.7 Å². The molecule has 1 saturated carbocycles. The molecule has 2 N–H and O–H groups in total. The smallest absolute Gasteiger partial charge is 0.0702 e. The Kier molecular flexibility index (Phi) is 5.30. The third-order valence-electron chi connectivity index (χ3n) is 5.96. The molecular formula is C21H29N3O. The summed E-state index contributed by atoms with van der Waals surface area (Å²) in [4.78, 5) is 7.30. The number of rotatable bonds is 4. The molecule has 3 unspecified atom stereocenters. The molecule has 2 heterocycles. The lowest BCUT2D eigenvalue weighted by Crippen LogP contribution is -2.46. The number of hydrogen-bond acceptors (Lipinski definition) is 4. The number of para-hydroxylation sites is 1. The van der Waals surface area contributed by atoms with Crippen molar-refractivity contribution in [3.05, 3.63) is 42.1 Å². The normalized spacial score (nSPS) is 26.6. The van der Waals surface area contributed by atoms with Crippen molar-refractivity contribution >= 4 is 10.9 Å². The van der Waals surface area contributed by atoms with Gasteiger partial charge >= 0.3 is 0 Å². The molecule has 0 amide bonds. The molecule has 1 aromatic heterocycles. The van der Waals surface area contributed by atoms with Crippen LogP contribution in [0.5, 0.6) is 0 Å². The van der Waals surface area contributed by atoms with E-state index in [-0.39, 0.29) is 6.10 Å². The molecule has 25 heavy (non-hydrogen) atoms. The fourth-order valence-corrected chi connectivity index (χ4v) is 4.56. The maximum Gasteiger partial charge on any atom is 0.0702 e. The number of pyridine rings is 1. The van der Waals surface area contributed by atoms with Gasteiger partial charge in [-0.3, -0.25) is 4.98 Å². The number of aliphatic hydroxyl groups excluding tert-OH is 1. The van der Waals surface area contributed by atoms with E-state index < -0.39 is 0 Å². The molecule has 1 aliphatic carbocycles. The highest BCUT2D eigenvalue weighted by molar-refractivity contribution is 5.78. The number of piperazine rings is 1. The van der Waals surface area contributed by atoms with Gasteiger partial charge in [0, 0.05) is 50.2 Å². The Morgan fingerprint density at radius 1 is 1.20 bits per heavy atom. The summed E-state index contributed by atoms with van der Waals surface area (Å²) in [5.41, 5.74) is 2.41. The lowest BCUT2D eigenvalue weighted by Gasteiger charge is -2.37. The number of aliphatic hydroxyl groups is 1. The second-order valence-electron chi connectivity index (χ2n) is 7.70. The fraction of sp³-hybridized carbons (Fsp3) is 0.571. The largest absolute Gasteiger partial charge is 0.393 e. The van der Waals surface area contributed by atoms with Crippen molar-refractivity contribution in [1.82, 2.24) is 15.2 Å². The first-order chi connectivity index (χ1) is 12.3. The van der Waals surface area contributed by atoms with Gasteiger partial charge in [-0.25, -0.2) is 0 Å². The highest BCUT2D eigenvalue weighted by Gasteiger charge is 2.30. The van der Waals surface area contributed by atoms with Crippen molar-refractivity contribution < 1.29 is 5.11 Å². The molecular weight excluding hydrogens is 310 g/mol. The SMILES string of the molecule is OC1CCCC(C(CN2CCNCC2)c2cnc3ccccc3c2)C1. The predicted molar refractivity (Wildman–Crippen MR) is 102 cm³/mol. The second kappa shape index (κ2) is 7.81. The molecule has 0 bridgehead atoms. The van der Waals surface area contributed by atoms with E-state index in [2.05, 4.69) is 40.7 Å². The monoisotopic (exact) mass is 339 g/mol. The molecule has 1 aliphatic heterocycles. The van der Waals surface area contributed by atoms with Gasteiger partial charge in [0.05, 0.1) is 11.6 Å². The minimum atomic E-state index is -0.127. The molecule has 1 saturated heterocycles. The number of hydrogen-bond donors (Lipinski definition) is 2. The number of nitrogens with zero attached hydrogens (tertiary/aromatic N) is 2. The Morgan fingerprint density at radius 3 is 2.88 bits per heavy atom. The van der Waals surface area contributed by atoms with Gasteiger partial charge in [-0.05, 0) is 42.9 Å². The quantitative estimate of drug-likeness (QED) is 0.899. The third kappa shape index (κ3) is 4.02. The van der Waals surface area contributed by atoms with E-state index in [1.165, 1.54) is 17.4 Å². The van der Waals surface area contributed by atoms with Crippen molar-refractivity contribution in [3.8, 4) is 0 Å². The molecule has 4 rings (SSSR count). The van der Waals surface area contributed by atoms with Crippen molar-refractivity contribution in [2.24, 2.45) is 5.92 Å². The molecule has 4 heteroatoms. The van der Waals surface area contributed by atoms with Gasteiger partial charge in [-0.2, -0.15) is 0 Å². The molecule has 2 fully saturated rings. The van der Waals surface area contributed by atoms with Gasteiger partial charge in [0.25, 0.3) is 0 Å². The molecule has 0 radical (unpaired) electrons. The Morgan fingerprint density at radius 2 is 2.04 bits per heavy atom. The zero-order chi connectivity index (χ0) is 17.1. The van der Waals surface area contributed by atoms with E-state index in [4.69, 9.17) is 4.98 Å². The number of aromatic nitrogens is 1. The summed E-state index contributed by atoms with van der Waals surface area (Å²) >= 11 is 0. The van der Waals surface area contributed by atoms with E-state index in [0.29, 0.717) is 11.8 Å². The van der Waals surface area contributed by atoms with Gasteiger partial charge in [0.1, 0.15) is 0 Å². The van der Waals surface area contributed by atoms with Crippen molar-refractivity contribution in [3.63, 3.8) is 0 Å². The molecule has 1 aromatic carbocycles. The summed E-state index contributed by atoms with van der Waals surface area (Å²) < 4.78 is 0. The molecule has 3 atom stereocenters. The average molecular weight is 339 g/mol. The maximum absolute atomic E-state index is 10.2. The number of nitrogens with one attached hydrogen (secondary N) is 1. The van der Waals surface area contributed by atoms with E-state index in [9.17, 15) is 5.11 Å². The van der Waals surface area contributed by atoms with Crippen LogP contribution in [0.4, 0.5) is 0 Å². The van der Waals surface area contributed by atoms with Crippen LogP contribution in [0.1, 0.15) is 37.2 Å². The van der Waals surface area contributed by atoms with E-state index in [0.717, 1.165) is 57.5 Å². The van der Waals surface area contributed by atoms with E-state index in [1.807, 2.05) is 6.07 Å². The van der Waals surface area contributed by atoms with Crippen LogP contribution in [0.2, 0.25) is 0 Å². The summed E-state index contributed by atoms with van der Waals surface area (Å²) in [6.45, 7) is 5.48. The highest BCUT2D eigenvalue weighted by Crippen LogP contribution is 2.37. The third-order valence-corrected chi connectivity index (χ3v) is 5.96. The summed E-state index contributed by atoms with van der Waals surface area (Å²) in [5, 5.41) is 14.9. The van der Waals surface area contributed by atoms with Crippen molar-refractivity contribution in [2.45, 2.75) is 37.7 Å². The van der Waals surface area contributed by atoms with Crippen LogP contribution in [0.15, 0.2) is 36.5 Å². The van der Waals surface area contributed by atoms with Crippen LogP contribution < -0.4 is 5.32 Å². The number of benzene rings is 1. The lowest BCUT2D eigenvalue weighted by atomic mass is 9.75. The Bertz CT molecular complexity index is 698. The minimum Gasteiger partial charge on any atom is -0.393 e. The van der Waals surface area contributed by atoms with Gasteiger partial charge in [0.2, 0.25) is 0 Å². The average Bonchev–Trinajstić information content (AvgIpc) is 2.66. The van der Waals surface area contributed by atoms with Crippen LogP contribution in [-0.2, 0) is 0 Å². The standard InChI is InChI=1S/C21H29N3O/c25-19-6-3-5-16(13-19)20(15-24-10-8-22-9-11-24)18-12-17-4-1-2-7-21(17)23-14-18/h1-2,4,7,12,14,16,19-20,22,25H,3,5-6,8-11,13,15H2. The predicted octanol–water partition coefficient (Wildman–Crippen LogP) is 2.77. The van der Waals surface area contributed by atoms with Crippen LogP contribution in [-0.4, -0.2) is 53.8 Å².